The van der Waals surface area contributed by atoms with E-state index in [1.807, 2.05) is 30.3 Å². The highest BCUT2D eigenvalue weighted by Crippen LogP contribution is 2.31. The number of rotatable bonds is 5. The number of benzene rings is 2. The standard InChI is InChI=1S/C25H27N5O4S/c1-18(31)28-14-16-29(17-15-28)35(33,34)21-12-10-19(11-13-21)25(32)26-24-22-8-5-9-23(22)27-30(24)20-6-3-2-4-7-20/h2-4,6-7,10-13H,5,8-9,14-17H2,1H3,(H,26,32). The minimum absolute atomic E-state index is 0.0586. The molecule has 2 aromatic carbocycles. The van der Waals surface area contributed by atoms with E-state index in [2.05, 4.69) is 5.32 Å². The van der Waals surface area contributed by atoms with Crippen molar-refractivity contribution in [2.75, 3.05) is 31.5 Å². The van der Waals surface area contributed by atoms with E-state index in [1.165, 1.54) is 35.5 Å². The summed E-state index contributed by atoms with van der Waals surface area (Å²) in [5, 5.41) is 7.72. The van der Waals surface area contributed by atoms with Crippen LogP contribution in [0.5, 0.6) is 0 Å². The van der Waals surface area contributed by atoms with Gasteiger partial charge in [-0.05, 0) is 55.7 Å². The van der Waals surface area contributed by atoms with Crippen molar-refractivity contribution in [1.29, 1.82) is 0 Å². The molecule has 0 spiro atoms. The fourth-order valence-electron chi connectivity index (χ4n) is 4.63. The number of nitrogens with one attached hydrogen (secondary N) is 1. The number of sulfonamides is 1. The lowest BCUT2D eigenvalue weighted by atomic mass is 10.2. The Bertz CT molecular complexity index is 1360. The van der Waals surface area contributed by atoms with Crippen molar-refractivity contribution in [2.24, 2.45) is 0 Å². The van der Waals surface area contributed by atoms with E-state index in [0.717, 1.165) is 36.2 Å². The molecule has 1 saturated heterocycles. The molecule has 0 saturated carbocycles. The van der Waals surface area contributed by atoms with Crippen molar-refractivity contribution in [3.63, 3.8) is 0 Å². The highest BCUT2D eigenvalue weighted by molar-refractivity contribution is 7.89. The third-order valence-corrected chi connectivity index (χ3v) is 8.49. The molecular weight excluding hydrogens is 466 g/mol. The molecule has 1 aliphatic carbocycles. The Labute approximate surface area is 204 Å². The normalized spacial score (nSPS) is 16.2. The Hall–Kier alpha value is -3.50. The minimum Gasteiger partial charge on any atom is -0.340 e. The van der Waals surface area contributed by atoms with E-state index in [1.54, 1.807) is 9.58 Å². The molecule has 0 unspecified atom stereocenters. The number of aryl methyl sites for hydroxylation is 1. The van der Waals surface area contributed by atoms with Gasteiger partial charge >= 0.3 is 0 Å². The molecule has 9 nitrogen and oxygen atoms in total. The number of fused-ring (bicyclic) bond motifs is 1. The number of hydrogen-bond acceptors (Lipinski definition) is 5. The first-order valence-electron chi connectivity index (χ1n) is 11.7. The van der Waals surface area contributed by atoms with E-state index < -0.39 is 10.0 Å². The van der Waals surface area contributed by atoms with Crippen LogP contribution in [0.3, 0.4) is 0 Å². The summed E-state index contributed by atoms with van der Waals surface area (Å²) in [6.45, 7) is 2.72. The number of aromatic nitrogens is 2. The van der Waals surface area contributed by atoms with Gasteiger partial charge in [-0.25, -0.2) is 13.1 Å². The van der Waals surface area contributed by atoms with Gasteiger partial charge in [0, 0.05) is 44.2 Å². The van der Waals surface area contributed by atoms with Crippen molar-refractivity contribution < 1.29 is 18.0 Å². The van der Waals surface area contributed by atoms with Gasteiger partial charge in [-0.3, -0.25) is 9.59 Å². The van der Waals surface area contributed by atoms with Crippen molar-refractivity contribution >= 4 is 27.7 Å². The summed E-state index contributed by atoms with van der Waals surface area (Å²) in [6, 6.07) is 15.6. The van der Waals surface area contributed by atoms with Crippen LogP contribution in [0.2, 0.25) is 0 Å². The molecule has 35 heavy (non-hydrogen) atoms. The van der Waals surface area contributed by atoms with Gasteiger partial charge in [0.25, 0.3) is 5.91 Å². The topological polar surface area (TPSA) is 105 Å². The molecular formula is C25H27N5O4S. The SMILES string of the molecule is CC(=O)N1CCN(S(=O)(=O)c2ccc(C(=O)Nc3c4c(nn3-c3ccccc3)CCC4)cc2)CC1. The summed E-state index contributed by atoms with van der Waals surface area (Å²) in [5.41, 5.74) is 3.27. The molecule has 5 rings (SSSR count). The van der Waals surface area contributed by atoms with Crippen LogP contribution in [0.1, 0.15) is 35.0 Å². The van der Waals surface area contributed by atoms with Gasteiger partial charge < -0.3 is 10.2 Å². The zero-order chi connectivity index (χ0) is 24.6. The summed E-state index contributed by atoms with van der Waals surface area (Å²) in [7, 11) is -3.70. The van der Waals surface area contributed by atoms with Crippen molar-refractivity contribution in [1.82, 2.24) is 19.0 Å². The molecule has 182 valence electrons. The first kappa shape index (κ1) is 23.3. The van der Waals surface area contributed by atoms with Crippen LogP contribution in [0.25, 0.3) is 5.69 Å². The lowest BCUT2D eigenvalue weighted by molar-refractivity contribution is -0.129. The quantitative estimate of drug-likeness (QED) is 0.588. The van der Waals surface area contributed by atoms with Crippen LogP contribution in [0.15, 0.2) is 59.5 Å². The largest absolute Gasteiger partial charge is 0.340 e. The lowest BCUT2D eigenvalue weighted by Gasteiger charge is -2.33. The van der Waals surface area contributed by atoms with Gasteiger partial charge in [-0.1, -0.05) is 18.2 Å². The zero-order valence-electron chi connectivity index (χ0n) is 19.5. The smallest absolute Gasteiger partial charge is 0.256 e. The van der Waals surface area contributed by atoms with Gasteiger partial charge in [-0.2, -0.15) is 9.40 Å². The summed E-state index contributed by atoms with van der Waals surface area (Å²) in [4.78, 5) is 26.4. The molecule has 2 amide bonds. The summed E-state index contributed by atoms with van der Waals surface area (Å²) in [5.74, 6) is 0.279. The van der Waals surface area contributed by atoms with Gasteiger partial charge in [0.05, 0.1) is 16.3 Å². The van der Waals surface area contributed by atoms with E-state index in [4.69, 9.17) is 5.10 Å². The summed E-state index contributed by atoms with van der Waals surface area (Å²) >= 11 is 0. The number of nitrogens with zero attached hydrogens (tertiary/aromatic N) is 4. The molecule has 1 fully saturated rings. The maximum atomic E-state index is 13.1. The first-order valence-corrected chi connectivity index (χ1v) is 13.1. The second-order valence-electron chi connectivity index (χ2n) is 8.76. The monoisotopic (exact) mass is 493 g/mol. The molecule has 1 N–H and O–H groups in total. The lowest BCUT2D eigenvalue weighted by Crippen LogP contribution is -2.49. The molecule has 3 aromatic rings. The average molecular weight is 494 g/mol. The van der Waals surface area contributed by atoms with E-state index in [-0.39, 0.29) is 29.8 Å². The second kappa shape index (κ2) is 9.27. The van der Waals surface area contributed by atoms with Gasteiger partial charge in [0.2, 0.25) is 15.9 Å². The number of para-hydroxylation sites is 1. The van der Waals surface area contributed by atoms with E-state index in [9.17, 15) is 18.0 Å². The number of piperazine rings is 1. The van der Waals surface area contributed by atoms with Crippen LogP contribution in [-0.4, -0.2) is 65.4 Å². The third-order valence-electron chi connectivity index (χ3n) is 6.58. The van der Waals surface area contributed by atoms with Crippen LogP contribution >= 0.6 is 0 Å². The molecule has 2 heterocycles. The Morgan fingerprint density at radius 3 is 2.26 bits per heavy atom. The van der Waals surface area contributed by atoms with Crippen molar-refractivity contribution in [3.05, 3.63) is 71.4 Å². The summed E-state index contributed by atoms with van der Waals surface area (Å²) in [6.07, 6.45) is 2.74. The Kier molecular flexibility index (Phi) is 6.16. The van der Waals surface area contributed by atoms with Gasteiger partial charge in [0.15, 0.2) is 0 Å². The molecule has 1 aromatic heterocycles. The molecule has 2 aliphatic rings. The maximum Gasteiger partial charge on any atom is 0.256 e. The van der Waals surface area contributed by atoms with Crippen LogP contribution in [0, 0.1) is 0 Å². The number of carbonyl (C=O) groups is 2. The third kappa shape index (κ3) is 4.46. The zero-order valence-corrected chi connectivity index (χ0v) is 20.3. The van der Waals surface area contributed by atoms with Gasteiger partial charge in [-0.15, -0.1) is 0 Å². The molecule has 0 bridgehead atoms. The first-order chi connectivity index (χ1) is 16.8. The van der Waals surface area contributed by atoms with E-state index in [0.29, 0.717) is 24.5 Å². The van der Waals surface area contributed by atoms with Crippen molar-refractivity contribution in [2.45, 2.75) is 31.1 Å². The van der Waals surface area contributed by atoms with Crippen LogP contribution < -0.4 is 5.32 Å². The second-order valence-corrected chi connectivity index (χ2v) is 10.7. The van der Waals surface area contributed by atoms with E-state index >= 15 is 0 Å². The Balaban J connectivity index is 1.34. The average Bonchev–Trinajstić information content (AvgIpc) is 3.47. The van der Waals surface area contributed by atoms with Crippen LogP contribution in [0.4, 0.5) is 5.82 Å². The fraction of sp³-hybridized carbons (Fsp3) is 0.320. The number of amides is 2. The Morgan fingerprint density at radius 2 is 1.60 bits per heavy atom. The fourth-order valence-corrected chi connectivity index (χ4v) is 6.05. The molecule has 1 aliphatic heterocycles. The highest BCUT2D eigenvalue weighted by Gasteiger charge is 2.29. The minimum atomic E-state index is -3.70. The van der Waals surface area contributed by atoms with Gasteiger partial charge in [0.1, 0.15) is 5.82 Å². The van der Waals surface area contributed by atoms with Crippen LogP contribution in [-0.2, 0) is 27.7 Å². The highest BCUT2D eigenvalue weighted by atomic mass is 32.2. The predicted molar refractivity (Wildman–Crippen MR) is 131 cm³/mol. The summed E-state index contributed by atoms with van der Waals surface area (Å²) < 4.78 is 29.2. The number of hydrogen-bond donors (Lipinski definition) is 1. The molecule has 10 heteroatoms. The molecule has 0 atom stereocenters. The number of carbonyl (C=O) groups excluding carboxylic acids is 2. The molecule has 0 radical (unpaired) electrons. The Morgan fingerprint density at radius 1 is 0.914 bits per heavy atom. The van der Waals surface area contributed by atoms with Crippen molar-refractivity contribution in [3.8, 4) is 5.69 Å². The predicted octanol–water partition coefficient (Wildman–Crippen LogP) is 2.47. The maximum absolute atomic E-state index is 13.1. The number of anilines is 1.